The quantitative estimate of drug-likeness (QED) is 0.587. The highest BCUT2D eigenvalue weighted by Crippen LogP contribution is 2.26. The lowest BCUT2D eigenvalue weighted by Gasteiger charge is -2.03. The molecular weight excluding hydrogens is 356 g/mol. The number of furan rings is 1. The van der Waals surface area contributed by atoms with Gasteiger partial charge in [-0.25, -0.2) is 0 Å². The summed E-state index contributed by atoms with van der Waals surface area (Å²) in [7, 11) is 0. The molecule has 0 fully saturated rings. The number of benzene rings is 2. The van der Waals surface area contributed by atoms with E-state index in [2.05, 4.69) is 73.0 Å². The maximum absolute atomic E-state index is 5.83. The van der Waals surface area contributed by atoms with Crippen LogP contribution >= 0.6 is 15.9 Å². The van der Waals surface area contributed by atoms with Crippen LogP contribution in [0.2, 0.25) is 0 Å². The molecule has 2 aromatic carbocycles. The van der Waals surface area contributed by atoms with Crippen molar-refractivity contribution in [2.75, 3.05) is 0 Å². The summed E-state index contributed by atoms with van der Waals surface area (Å²) in [6.45, 7) is 0. The van der Waals surface area contributed by atoms with Crippen LogP contribution in [-0.4, -0.2) is 20.6 Å². The lowest BCUT2D eigenvalue weighted by atomic mass is 10.0. The Morgan fingerprint density at radius 3 is 2.65 bits per heavy atom. The van der Waals surface area contributed by atoms with Gasteiger partial charge < -0.3 is 4.42 Å². The van der Waals surface area contributed by atoms with Crippen molar-refractivity contribution >= 4 is 26.9 Å². The second-order valence-electron chi connectivity index (χ2n) is 5.35. The molecular formula is C17H13BrN4O. The van der Waals surface area contributed by atoms with Crippen molar-refractivity contribution in [3.63, 3.8) is 0 Å². The zero-order valence-electron chi connectivity index (χ0n) is 12.2. The Balaban J connectivity index is 1.56. The Bertz CT molecular complexity index is 946. The minimum Gasteiger partial charge on any atom is -0.453 e. The molecule has 0 aliphatic rings. The molecule has 4 rings (SSSR count). The van der Waals surface area contributed by atoms with Gasteiger partial charge in [-0.3, -0.25) is 0 Å². The summed E-state index contributed by atoms with van der Waals surface area (Å²) < 4.78 is 6.94. The topological polar surface area (TPSA) is 67.6 Å². The Kier molecular flexibility index (Phi) is 3.67. The Labute approximate surface area is 140 Å². The van der Waals surface area contributed by atoms with Gasteiger partial charge in [-0.2, -0.15) is 5.21 Å². The molecule has 0 unspecified atom stereocenters. The molecule has 6 heteroatoms. The number of aromatic nitrogens is 4. The lowest BCUT2D eigenvalue weighted by molar-refractivity contribution is 0.625. The van der Waals surface area contributed by atoms with Gasteiger partial charge in [0.25, 0.3) is 0 Å². The number of halogens is 1. The van der Waals surface area contributed by atoms with E-state index in [1.807, 2.05) is 12.1 Å². The van der Waals surface area contributed by atoms with Crippen LogP contribution in [0.4, 0.5) is 0 Å². The van der Waals surface area contributed by atoms with E-state index in [0.29, 0.717) is 11.6 Å². The first kappa shape index (κ1) is 14.1. The molecule has 2 aromatic heterocycles. The molecule has 0 bridgehead atoms. The first-order valence-electron chi connectivity index (χ1n) is 7.29. The minimum atomic E-state index is 0.469. The van der Waals surface area contributed by atoms with E-state index in [0.717, 1.165) is 28.3 Å². The van der Waals surface area contributed by atoms with E-state index < -0.39 is 0 Å². The fraction of sp³-hybridized carbons (Fsp3) is 0.118. The van der Waals surface area contributed by atoms with Gasteiger partial charge in [0.05, 0.1) is 0 Å². The molecule has 0 saturated heterocycles. The molecule has 1 N–H and O–H groups in total. The third kappa shape index (κ3) is 3.03. The van der Waals surface area contributed by atoms with Crippen LogP contribution in [0.15, 0.2) is 57.4 Å². The van der Waals surface area contributed by atoms with E-state index in [-0.39, 0.29) is 0 Å². The van der Waals surface area contributed by atoms with Gasteiger partial charge in [-0.05, 0) is 53.4 Å². The van der Waals surface area contributed by atoms with Gasteiger partial charge in [0.15, 0.2) is 5.76 Å². The molecule has 0 radical (unpaired) electrons. The normalized spacial score (nSPS) is 11.2. The van der Waals surface area contributed by atoms with Gasteiger partial charge in [-0.1, -0.05) is 40.2 Å². The molecule has 5 nitrogen and oxygen atoms in total. The zero-order valence-corrected chi connectivity index (χ0v) is 13.7. The third-order valence-electron chi connectivity index (χ3n) is 3.74. The first-order chi connectivity index (χ1) is 11.3. The van der Waals surface area contributed by atoms with Gasteiger partial charge in [0.2, 0.25) is 5.82 Å². The van der Waals surface area contributed by atoms with Crippen LogP contribution in [0.1, 0.15) is 11.1 Å². The second-order valence-corrected chi connectivity index (χ2v) is 6.26. The van der Waals surface area contributed by atoms with Crippen LogP contribution < -0.4 is 0 Å². The van der Waals surface area contributed by atoms with Crippen LogP contribution in [-0.2, 0) is 12.8 Å². The average Bonchev–Trinajstić information content (AvgIpc) is 3.21. The van der Waals surface area contributed by atoms with Crippen LogP contribution in [0, 0.1) is 0 Å². The number of hydrogen-bond acceptors (Lipinski definition) is 4. The highest BCUT2D eigenvalue weighted by Gasteiger charge is 2.10. The highest BCUT2D eigenvalue weighted by molar-refractivity contribution is 9.10. The predicted molar refractivity (Wildman–Crippen MR) is 90.9 cm³/mol. The molecule has 2 heterocycles. The van der Waals surface area contributed by atoms with Gasteiger partial charge in [0, 0.05) is 9.86 Å². The van der Waals surface area contributed by atoms with Gasteiger partial charge >= 0.3 is 0 Å². The van der Waals surface area contributed by atoms with Crippen molar-refractivity contribution in [3.8, 4) is 11.6 Å². The van der Waals surface area contributed by atoms with Crippen molar-refractivity contribution in [1.29, 1.82) is 0 Å². The van der Waals surface area contributed by atoms with E-state index >= 15 is 0 Å². The molecule has 0 aliphatic carbocycles. The number of hydrogen-bond donors (Lipinski definition) is 1. The number of aryl methyl sites for hydroxylation is 2. The highest BCUT2D eigenvalue weighted by atomic mass is 79.9. The van der Waals surface area contributed by atoms with Crippen molar-refractivity contribution in [3.05, 3.63) is 64.1 Å². The summed E-state index contributed by atoms with van der Waals surface area (Å²) in [6, 6.07) is 16.6. The van der Waals surface area contributed by atoms with Crippen molar-refractivity contribution in [2.24, 2.45) is 0 Å². The number of tetrazole rings is 1. The number of aromatic amines is 1. The monoisotopic (exact) mass is 368 g/mol. The van der Waals surface area contributed by atoms with E-state index in [1.165, 1.54) is 11.1 Å². The number of nitrogens with zero attached hydrogens (tertiary/aromatic N) is 3. The predicted octanol–water partition coefficient (Wildman–Crippen LogP) is 4.16. The van der Waals surface area contributed by atoms with Gasteiger partial charge in [0.1, 0.15) is 5.58 Å². The molecule has 0 amide bonds. The Morgan fingerprint density at radius 2 is 1.87 bits per heavy atom. The summed E-state index contributed by atoms with van der Waals surface area (Å²) in [4.78, 5) is 0. The Hall–Kier alpha value is -2.47. The molecule has 0 aliphatic heterocycles. The summed E-state index contributed by atoms with van der Waals surface area (Å²) in [5.41, 5.74) is 3.40. The van der Waals surface area contributed by atoms with Crippen molar-refractivity contribution in [1.82, 2.24) is 20.6 Å². The largest absolute Gasteiger partial charge is 0.453 e. The zero-order chi connectivity index (χ0) is 15.6. The fourth-order valence-corrected chi connectivity index (χ4v) is 3.04. The van der Waals surface area contributed by atoms with Crippen molar-refractivity contribution in [2.45, 2.75) is 12.8 Å². The van der Waals surface area contributed by atoms with E-state index in [4.69, 9.17) is 4.42 Å². The molecule has 4 aromatic rings. The summed E-state index contributed by atoms with van der Waals surface area (Å²) in [5, 5.41) is 14.9. The van der Waals surface area contributed by atoms with Crippen molar-refractivity contribution < 1.29 is 4.42 Å². The average molecular weight is 369 g/mol. The molecule has 23 heavy (non-hydrogen) atoms. The molecule has 0 atom stereocenters. The van der Waals surface area contributed by atoms with E-state index in [9.17, 15) is 0 Å². The molecule has 0 saturated carbocycles. The SMILES string of the molecule is Brc1cccc(CCc2ccc3cc(-c4nn[nH]n4)oc3c2)c1. The smallest absolute Gasteiger partial charge is 0.239 e. The number of rotatable bonds is 4. The molecule has 0 spiro atoms. The standard InChI is InChI=1S/C17H13BrN4O/c18-14-3-1-2-11(8-14)4-5-12-6-7-13-10-16(23-15(13)9-12)17-19-21-22-20-17/h1-3,6-10H,4-5H2,(H,19,20,21,22). The minimum absolute atomic E-state index is 0.469. The van der Waals surface area contributed by atoms with Crippen LogP contribution in [0.3, 0.4) is 0 Å². The second kappa shape index (κ2) is 5.96. The maximum atomic E-state index is 5.83. The molecule has 114 valence electrons. The summed E-state index contributed by atoms with van der Waals surface area (Å²) in [5.74, 6) is 1.09. The van der Waals surface area contributed by atoms with Gasteiger partial charge in [-0.15, -0.1) is 10.2 Å². The van der Waals surface area contributed by atoms with Crippen LogP contribution in [0.5, 0.6) is 0 Å². The van der Waals surface area contributed by atoms with Crippen LogP contribution in [0.25, 0.3) is 22.6 Å². The number of fused-ring (bicyclic) bond motifs is 1. The summed E-state index contributed by atoms with van der Waals surface area (Å²) in [6.07, 6.45) is 1.95. The fourth-order valence-electron chi connectivity index (χ4n) is 2.59. The lowest BCUT2D eigenvalue weighted by Crippen LogP contribution is -1.90. The maximum Gasteiger partial charge on any atom is 0.239 e. The van der Waals surface area contributed by atoms with E-state index in [1.54, 1.807) is 0 Å². The first-order valence-corrected chi connectivity index (χ1v) is 8.08. The number of nitrogens with one attached hydrogen (secondary N) is 1. The number of H-pyrrole nitrogens is 1. The summed E-state index contributed by atoms with van der Waals surface area (Å²) >= 11 is 3.51. The Morgan fingerprint density at radius 1 is 1.00 bits per heavy atom. The third-order valence-corrected chi connectivity index (χ3v) is 4.23.